The average Bonchev–Trinajstić information content (AvgIpc) is 3.15. The summed E-state index contributed by atoms with van der Waals surface area (Å²) in [6.45, 7) is 0. The molecule has 3 aromatic rings. The highest BCUT2D eigenvalue weighted by Gasteiger charge is 2.10. The number of ether oxygens (including phenoxy) is 1. The van der Waals surface area contributed by atoms with Gasteiger partial charge in [-0.25, -0.2) is 9.48 Å². The molecule has 0 atom stereocenters. The molecule has 0 aliphatic carbocycles. The normalized spacial score (nSPS) is 10.6. The van der Waals surface area contributed by atoms with Gasteiger partial charge in [-0.2, -0.15) is 5.10 Å². The number of methoxy groups -OCH3 is 1. The van der Waals surface area contributed by atoms with Gasteiger partial charge in [-0.1, -0.05) is 0 Å². The van der Waals surface area contributed by atoms with Gasteiger partial charge in [0.25, 0.3) is 5.69 Å². The van der Waals surface area contributed by atoms with E-state index in [0.29, 0.717) is 11.3 Å². The van der Waals surface area contributed by atoms with Gasteiger partial charge in [-0.3, -0.25) is 10.1 Å². The highest BCUT2D eigenvalue weighted by atomic mass is 127. The topological polar surface area (TPSA) is 87.3 Å². The summed E-state index contributed by atoms with van der Waals surface area (Å²) in [5, 5.41) is 15.2. The van der Waals surface area contributed by atoms with Gasteiger partial charge in [0.05, 0.1) is 29.0 Å². The van der Waals surface area contributed by atoms with Crippen LogP contribution in [0, 0.1) is 13.7 Å². The number of non-ortho nitro benzene ring substituents is 1. The minimum absolute atomic E-state index is 0.0478. The van der Waals surface area contributed by atoms with Gasteiger partial charge in [0, 0.05) is 32.5 Å². The van der Waals surface area contributed by atoms with E-state index >= 15 is 0 Å². The van der Waals surface area contributed by atoms with Crippen molar-refractivity contribution in [2.24, 2.45) is 0 Å². The summed E-state index contributed by atoms with van der Waals surface area (Å²) in [6, 6.07) is 13.6. The lowest BCUT2D eigenvalue weighted by Gasteiger charge is -2.06. The molecule has 7 nitrogen and oxygen atoms in total. The smallest absolute Gasteiger partial charge is 0.337 e. The number of thioether (sulfide) groups is 1. The van der Waals surface area contributed by atoms with E-state index in [1.807, 2.05) is 18.3 Å². The Morgan fingerprint density at radius 1 is 1.26 bits per heavy atom. The van der Waals surface area contributed by atoms with Gasteiger partial charge >= 0.3 is 5.97 Å². The number of nitro groups is 1. The molecule has 0 saturated carbocycles. The fourth-order valence-corrected chi connectivity index (χ4v) is 4.12. The van der Waals surface area contributed by atoms with Crippen LogP contribution in [0.1, 0.15) is 16.1 Å². The van der Waals surface area contributed by atoms with Crippen molar-refractivity contribution in [3.8, 4) is 5.69 Å². The van der Waals surface area contributed by atoms with Crippen LogP contribution >= 0.6 is 34.4 Å². The number of carbonyl (C=O) groups is 1. The van der Waals surface area contributed by atoms with Crippen LogP contribution in [0.4, 0.5) is 5.69 Å². The van der Waals surface area contributed by atoms with Crippen LogP contribution in [0.2, 0.25) is 0 Å². The predicted octanol–water partition coefficient (Wildman–Crippen LogP) is 4.46. The molecule has 0 spiro atoms. The van der Waals surface area contributed by atoms with Gasteiger partial charge in [-0.05, 0) is 59.0 Å². The molecular weight excluding hydrogens is 481 g/mol. The van der Waals surface area contributed by atoms with Crippen LogP contribution in [-0.2, 0) is 10.5 Å². The Kier molecular flexibility index (Phi) is 6.11. The number of halogens is 1. The number of nitro benzene ring substituents is 1. The molecule has 0 aliphatic heterocycles. The minimum Gasteiger partial charge on any atom is -0.465 e. The van der Waals surface area contributed by atoms with E-state index in [9.17, 15) is 14.9 Å². The zero-order valence-corrected chi connectivity index (χ0v) is 17.1. The van der Waals surface area contributed by atoms with E-state index in [2.05, 4.69) is 27.7 Å². The molecule has 138 valence electrons. The summed E-state index contributed by atoms with van der Waals surface area (Å²) < 4.78 is 7.38. The number of benzene rings is 2. The molecule has 0 fully saturated rings. The highest BCUT2D eigenvalue weighted by molar-refractivity contribution is 14.1. The molecule has 0 radical (unpaired) electrons. The fraction of sp³-hybridized carbons (Fsp3) is 0.111. The molecule has 9 heteroatoms. The maximum absolute atomic E-state index is 11.6. The number of aromatic nitrogens is 2. The monoisotopic (exact) mass is 495 g/mol. The lowest BCUT2D eigenvalue weighted by molar-refractivity contribution is -0.384. The van der Waals surface area contributed by atoms with Crippen molar-refractivity contribution in [3.05, 3.63) is 79.7 Å². The molecule has 0 bridgehead atoms. The summed E-state index contributed by atoms with van der Waals surface area (Å²) in [6.07, 6.45) is 1.82. The van der Waals surface area contributed by atoms with Crippen LogP contribution in [0.15, 0.2) is 59.6 Å². The van der Waals surface area contributed by atoms with Crippen molar-refractivity contribution in [3.63, 3.8) is 0 Å². The third-order valence-corrected chi connectivity index (χ3v) is 6.06. The van der Waals surface area contributed by atoms with Crippen LogP contribution < -0.4 is 0 Å². The molecule has 0 amide bonds. The lowest BCUT2D eigenvalue weighted by atomic mass is 10.2. The van der Waals surface area contributed by atoms with E-state index in [4.69, 9.17) is 4.74 Å². The standard InChI is InChI=1S/C18H14IN3O4S/c1-26-18(23)12-2-7-17(16(19)10-12)27-11-13-8-9-21(20-13)14-3-5-15(6-4-14)22(24)25/h2-10H,11H2,1H3. The fourth-order valence-electron chi connectivity index (χ4n) is 2.32. The largest absolute Gasteiger partial charge is 0.465 e. The molecule has 0 unspecified atom stereocenters. The van der Waals surface area contributed by atoms with Gasteiger partial charge < -0.3 is 4.74 Å². The number of nitrogens with zero attached hydrogens (tertiary/aromatic N) is 3. The zero-order chi connectivity index (χ0) is 19.4. The first-order valence-corrected chi connectivity index (χ1v) is 9.84. The van der Waals surface area contributed by atoms with Gasteiger partial charge in [0.1, 0.15) is 0 Å². The Morgan fingerprint density at radius 2 is 2.00 bits per heavy atom. The minimum atomic E-state index is -0.429. The quantitative estimate of drug-likeness (QED) is 0.165. The number of carbonyl (C=O) groups excluding carboxylic acids is 1. The second kappa shape index (κ2) is 8.53. The van der Waals surface area contributed by atoms with Crippen LogP contribution in [0.5, 0.6) is 0 Å². The molecule has 0 N–H and O–H groups in total. The van der Waals surface area contributed by atoms with E-state index < -0.39 is 4.92 Å². The third-order valence-electron chi connectivity index (χ3n) is 3.70. The first-order chi connectivity index (χ1) is 13.0. The van der Waals surface area contributed by atoms with Crippen LogP contribution in [-0.4, -0.2) is 27.8 Å². The van der Waals surface area contributed by atoms with E-state index in [1.165, 1.54) is 19.2 Å². The summed E-state index contributed by atoms with van der Waals surface area (Å²) >= 11 is 3.81. The molecule has 27 heavy (non-hydrogen) atoms. The zero-order valence-electron chi connectivity index (χ0n) is 14.2. The molecule has 1 aromatic heterocycles. The average molecular weight is 495 g/mol. The number of rotatable bonds is 6. The Balaban J connectivity index is 1.68. The maximum Gasteiger partial charge on any atom is 0.337 e. The van der Waals surface area contributed by atoms with Gasteiger partial charge in [0.2, 0.25) is 0 Å². The second-order valence-corrected chi connectivity index (χ2v) is 7.63. The Hall–Kier alpha value is -2.40. The number of esters is 1. The van der Waals surface area contributed by atoms with Crippen LogP contribution in [0.25, 0.3) is 5.69 Å². The second-order valence-electron chi connectivity index (χ2n) is 5.45. The summed E-state index contributed by atoms with van der Waals surface area (Å²) in [4.78, 5) is 22.9. The molecule has 3 rings (SSSR count). The van der Waals surface area contributed by atoms with Crippen molar-refractivity contribution in [2.45, 2.75) is 10.6 Å². The Bertz CT molecular complexity index is 989. The van der Waals surface area contributed by atoms with Crippen molar-refractivity contribution in [2.75, 3.05) is 7.11 Å². The highest BCUT2D eigenvalue weighted by Crippen LogP contribution is 2.28. The first-order valence-electron chi connectivity index (χ1n) is 7.78. The summed E-state index contributed by atoms with van der Waals surface area (Å²) in [7, 11) is 1.36. The van der Waals surface area contributed by atoms with Crippen molar-refractivity contribution in [1.29, 1.82) is 0 Å². The molecular formula is C18H14IN3O4S. The first kappa shape index (κ1) is 19.4. The van der Waals surface area contributed by atoms with Crippen molar-refractivity contribution >= 4 is 46.0 Å². The van der Waals surface area contributed by atoms with Gasteiger partial charge in [-0.15, -0.1) is 11.8 Å². The Labute approximate surface area is 173 Å². The SMILES string of the molecule is COC(=O)c1ccc(SCc2ccn(-c3ccc([N+](=O)[O-])cc3)n2)c(I)c1. The number of hydrogen-bond donors (Lipinski definition) is 0. The van der Waals surface area contributed by atoms with E-state index in [1.54, 1.807) is 40.7 Å². The summed E-state index contributed by atoms with van der Waals surface area (Å²) in [5.41, 5.74) is 2.21. The summed E-state index contributed by atoms with van der Waals surface area (Å²) in [5.74, 6) is 0.305. The molecule has 0 saturated heterocycles. The lowest BCUT2D eigenvalue weighted by Crippen LogP contribution is -2.01. The van der Waals surface area contributed by atoms with Crippen molar-refractivity contribution < 1.29 is 14.5 Å². The Morgan fingerprint density at radius 3 is 2.63 bits per heavy atom. The van der Waals surface area contributed by atoms with Crippen LogP contribution in [0.3, 0.4) is 0 Å². The molecule has 1 heterocycles. The van der Waals surface area contributed by atoms with Crippen molar-refractivity contribution in [1.82, 2.24) is 9.78 Å². The molecule has 0 aliphatic rings. The van der Waals surface area contributed by atoms with Gasteiger partial charge in [0.15, 0.2) is 0 Å². The molecule has 2 aromatic carbocycles. The predicted molar refractivity (Wildman–Crippen MR) is 110 cm³/mol. The third kappa shape index (κ3) is 4.66. The maximum atomic E-state index is 11.6. The number of hydrogen-bond acceptors (Lipinski definition) is 6. The van der Waals surface area contributed by atoms with E-state index in [0.717, 1.165) is 19.8 Å². The van der Waals surface area contributed by atoms with E-state index in [-0.39, 0.29) is 11.7 Å².